The van der Waals surface area contributed by atoms with E-state index in [0.29, 0.717) is 12.3 Å². The van der Waals surface area contributed by atoms with Gasteiger partial charge >= 0.3 is 6.09 Å². The van der Waals surface area contributed by atoms with Crippen LogP contribution in [0.5, 0.6) is 5.75 Å². The van der Waals surface area contributed by atoms with Gasteiger partial charge < -0.3 is 9.47 Å². The van der Waals surface area contributed by atoms with Crippen LogP contribution in [0.1, 0.15) is 16.7 Å². The van der Waals surface area contributed by atoms with E-state index in [1.54, 1.807) is 0 Å². The van der Waals surface area contributed by atoms with Crippen molar-refractivity contribution in [3.8, 4) is 5.75 Å². The molecule has 0 unspecified atom stereocenters. The molecule has 1 amide bonds. The summed E-state index contributed by atoms with van der Waals surface area (Å²) in [5.41, 5.74) is 3.87. The number of nitrogens with one attached hydrogen (secondary N) is 1. The van der Waals surface area contributed by atoms with Gasteiger partial charge in [-0.3, -0.25) is 5.32 Å². The van der Waals surface area contributed by atoms with E-state index in [1.807, 2.05) is 50.2 Å². The molecule has 0 atom stereocenters. The fourth-order valence-corrected chi connectivity index (χ4v) is 2.05. The van der Waals surface area contributed by atoms with Crippen molar-refractivity contribution in [3.05, 3.63) is 59.2 Å². The van der Waals surface area contributed by atoms with E-state index in [0.717, 1.165) is 16.9 Å². The summed E-state index contributed by atoms with van der Waals surface area (Å²) < 4.78 is 10.5. The summed E-state index contributed by atoms with van der Waals surface area (Å²) in [6, 6.07) is 13.5. The van der Waals surface area contributed by atoms with Crippen LogP contribution in [0.3, 0.4) is 0 Å². The lowest BCUT2D eigenvalue weighted by Crippen LogP contribution is -2.13. The monoisotopic (exact) mass is 285 g/mol. The van der Waals surface area contributed by atoms with E-state index < -0.39 is 6.09 Å². The number of benzene rings is 2. The van der Waals surface area contributed by atoms with Crippen LogP contribution >= 0.6 is 0 Å². The molecule has 1 N–H and O–H groups in total. The van der Waals surface area contributed by atoms with Crippen LogP contribution in [0.15, 0.2) is 42.5 Å². The van der Waals surface area contributed by atoms with Gasteiger partial charge in [-0.2, -0.15) is 0 Å². The highest BCUT2D eigenvalue weighted by molar-refractivity contribution is 5.85. The van der Waals surface area contributed by atoms with Gasteiger partial charge in [-0.05, 0) is 31.5 Å². The summed E-state index contributed by atoms with van der Waals surface area (Å²) in [5, 5.41) is 2.68. The van der Waals surface area contributed by atoms with Crippen LogP contribution in [0.25, 0.3) is 0 Å². The van der Waals surface area contributed by atoms with Gasteiger partial charge in [0.2, 0.25) is 0 Å². The third-order valence-corrected chi connectivity index (χ3v) is 3.15. The van der Waals surface area contributed by atoms with Gasteiger partial charge in [0.15, 0.2) is 0 Å². The molecular formula is C17H19NO3. The predicted molar refractivity (Wildman–Crippen MR) is 82.7 cm³/mol. The molecule has 0 radical (unpaired) electrons. The highest BCUT2D eigenvalue weighted by Crippen LogP contribution is 2.22. The molecule has 0 aliphatic rings. The third kappa shape index (κ3) is 3.99. The lowest BCUT2D eigenvalue weighted by molar-refractivity contribution is 0.187. The maximum Gasteiger partial charge on any atom is 0.411 e. The van der Waals surface area contributed by atoms with Crippen molar-refractivity contribution < 1.29 is 14.3 Å². The molecule has 0 fully saturated rings. The number of para-hydroxylation sites is 1. The van der Waals surface area contributed by atoms with Crippen molar-refractivity contribution >= 4 is 11.8 Å². The molecule has 2 aromatic rings. The molecule has 0 spiro atoms. The van der Waals surface area contributed by atoms with Gasteiger partial charge in [0.25, 0.3) is 0 Å². The number of hydrogen-bond acceptors (Lipinski definition) is 3. The van der Waals surface area contributed by atoms with Crippen LogP contribution in [0.4, 0.5) is 10.5 Å². The number of rotatable bonds is 4. The standard InChI is InChI=1S/C17H19NO3/c1-12-8-9-16(13(2)10-12)21-11-14-6-4-5-7-15(14)18-17(19)20-3/h4-10H,11H2,1-3H3,(H,18,19). The van der Waals surface area contributed by atoms with Crippen molar-refractivity contribution in [2.45, 2.75) is 20.5 Å². The normalized spacial score (nSPS) is 10.0. The van der Waals surface area contributed by atoms with Crippen molar-refractivity contribution in [1.82, 2.24) is 0 Å². The zero-order chi connectivity index (χ0) is 15.2. The number of hydrogen-bond donors (Lipinski definition) is 1. The van der Waals surface area contributed by atoms with E-state index in [1.165, 1.54) is 12.7 Å². The van der Waals surface area contributed by atoms with Gasteiger partial charge in [-0.25, -0.2) is 4.79 Å². The summed E-state index contributed by atoms with van der Waals surface area (Å²) in [6.07, 6.45) is -0.492. The molecule has 4 heteroatoms. The van der Waals surface area contributed by atoms with Gasteiger partial charge in [-0.1, -0.05) is 35.9 Å². The molecule has 0 saturated heterocycles. The zero-order valence-electron chi connectivity index (χ0n) is 12.5. The minimum atomic E-state index is -0.492. The largest absolute Gasteiger partial charge is 0.489 e. The molecule has 0 bridgehead atoms. The number of aryl methyl sites for hydroxylation is 2. The second-order valence-electron chi connectivity index (χ2n) is 4.83. The van der Waals surface area contributed by atoms with Crippen molar-refractivity contribution in [3.63, 3.8) is 0 Å². The topological polar surface area (TPSA) is 47.6 Å². The third-order valence-electron chi connectivity index (χ3n) is 3.15. The maximum absolute atomic E-state index is 11.3. The summed E-state index contributed by atoms with van der Waals surface area (Å²) in [5.74, 6) is 0.841. The molecule has 2 aromatic carbocycles. The Morgan fingerprint density at radius 1 is 1.14 bits per heavy atom. The Hall–Kier alpha value is -2.49. The molecule has 0 aliphatic carbocycles. The first-order valence-electron chi connectivity index (χ1n) is 6.73. The smallest absolute Gasteiger partial charge is 0.411 e. The van der Waals surface area contributed by atoms with E-state index in [2.05, 4.69) is 16.1 Å². The number of amides is 1. The predicted octanol–water partition coefficient (Wildman–Crippen LogP) is 4.06. The van der Waals surface area contributed by atoms with E-state index in [-0.39, 0.29) is 0 Å². The molecule has 0 aromatic heterocycles. The summed E-state index contributed by atoms with van der Waals surface area (Å²) in [7, 11) is 1.34. The minimum absolute atomic E-state index is 0.379. The molecular weight excluding hydrogens is 266 g/mol. The molecule has 21 heavy (non-hydrogen) atoms. The Morgan fingerprint density at radius 2 is 1.90 bits per heavy atom. The Labute approximate surface area is 124 Å². The number of ether oxygens (including phenoxy) is 2. The lowest BCUT2D eigenvalue weighted by atomic mass is 10.1. The first kappa shape index (κ1) is 14.9. The van der Waals surface area contributed by atoms with Crippen LogP contribution in [-0.2, 0) is 11.3 Å². The maximum atomic E-state index is 11.3. The SMILES string of the molecule is COC(=O)Nc1ccccc1COc1ccc(C)cc1C. The quantitative estimate of drug-likeness (QED) is 0.921. The first-order chi connectivity index (χ1) is 10.1. The molecule has 0 heterocycles. The molecule has 2 rings (SSSR count). The fourth-order valence-electron chi connectivity index (χ4n) is 2.05. The average Bonchev–Trinajstić information content (AvgIpc) is 2.47. The number of carbonyl (C=O) groups is 1. The second kappa shape index (κ2) is 6.79. The van der Waals surface area contributed by atoms with E-state index >= 15 is 0 Å². The van der Waals surface area contributed by atoms with Gasteiger partial charge in [-0.15, -0.1) is 0 Å². The molecule has 0 aliphatic heterocycles. The number of carbonyl (C=O) groups excluding carboxylic acids is 1. The Morgan fingerprint density at radius 3 is 2.62 bits per heavy atom. The zero-order valence-corrected chi connectivity index (χ0v) is 12.5. The Balaban J connectivity index is 2.11. The van der Waals surface area contributed by atoms with Crippen LogP contribution in [-0.4, -0.2) is 13.2 Å². The highest BCUT2D eigenvalue weighted by Gasteiger charge is 2.07. The second-order valence-corrected chi connectivity index (χ2v) is 4.83. The number of anilines is 1. The van der Waals surface area contributed by atoms with Crippen molar-refractivity contribution in [2.75, 3.05) is 12.4 Å². The Bertz CT molecular complexity index is 638. The summed E-state index contributed by atoms with van der Waals surface area (Å²) >= 11 is 0. The summed E-state index contributed by atoms with van der Waals surface area (Å²) in [6.45, 7) is 4.44. The lowest BCUT2D eigenvalue weighted by Gasteiger charge is -2.13. The van der Waals surface area contributed by atoms with E-state index in [4.69, 9.17) is 4.74 Å². The van der Waals surface area contributed by atoms with Crippen molar-refractivity contribution in [1.29, 1.82) is 0 Å². The van der Waals surface area contributed by atoms with Gasteiger partial charge in [0.1, 0.15) is 12.4 Å². The number of methoxy groups -OCH3 is 1. The molecule has 0 saturated carbocycles. The van der Waals surface area contributed by atoms with Crippen LogP contribution < -0.4 is 10.1 Å². The average molecular weight is 285 g/mol. The van der Waals surface area contributed by atoms with Crippen molar-refractivity contribution in [2.24, 2.45) is 0 Å². The van der Waals surface area contributed by atoms with E-state index in [9.17, 15) is 4.79 Å². The first-order valence-corrected chi connectivity index (χ1v) is 6.73. The van der Waals surface area contributed by atoms with Gasteiger partial charge in [0, 0.05) is 5.56 Å². The summed E-state index contributed by atoms with van der Waals surface area (Å²) in [4.78, 5) is 11.3. The minimum Gasteiger partial charge on any atom is -0.489 e. The van der Waals surface area contributed by atoms with Crippen LogP contribution in [0, 0.1) is 13.8 Å². The van der Waals surface area contributed by atoms with Gasteiger partial charge in [0.05, 0.1) is 12.8 Å². The Kier molecular flexibility index (Phi) is 4.82. The molecule has 110 valence electrons. The fraction of sp³-hybridized carbons (Fsp3) is 0.235. The molecule has 4 nitrogen and oxygen atoms in total. The van der Waals surface area contributed by atoms with Crippen LogP contribution in [0.2, 0.25) is 0 Å². The highest BCUT2D eigenvalue weighted by atomic mass is 16.5.